The number of hydrogen-bond acceptors (Lipinski definition) is 4. The van der Waals surface area contributed by atoms with Crippen LogP contribution in [0.3, 0.4) is 0 Å². The van der Waals surface area contributed by atoms with Crippen molar-refractivity contribution in [2.45, 2.75) is 13.3 Å². The lowest BCUT2D eigenvalue weighted by Crippen LogP contribution is -2.42. The molecule has 0 radical (unpaired) electrons. The van der Waals surface area contributed by atoms with Crippen LogP contribution >= 0.6 is 11.8 Å². The lowest BCUT2D eigenvalue weighted by molar-refractivity contribution is -0.128. The minimum absolute atomic E-state index is 0.0657. The number of imide groups is 1. The first-order valence-corrected chi connectivity index (χ1v) is 5.31. The lowest BCUT2D eigenvalue weighted by Gasteiger charge is -2.26. The Morgan fingerprint density at radius 2 is 2.31 bits per heavy atom. The molecule has 1 atom stereocenters. The molecule has 0 saturated carbocycles. The Balaban J connectivity index is 2.54. The van der Waals surface area contributed by atoms with Gasteiger partial charge in [-0.25, -0.2) is 0 Å². The van der Waals surface area contributed by atoms with Crippen LogP contribution in [0, 0.1) is 5.92 Å². The number of carbonyl (C=O) groups is 2. The van der Waals surface area contributed by atoms with E-state index in [9.17, 15) is 9.59 Å². The van der Waals surface area contributed by atoms with Gasteiger partial charge in [0.05, 0.1) is 0 Å². The van der Waals surface area contributed by atoms with Crippen LogP contribution in [-0.2, 0) is 4.79 Å². The molecule has 1 rings (SSSR count). The normalized spacial score (nSPS) is 20.6. The highest BCUT2D eigenvalue weighted by Crippen LogP contribution is 2.19. The Hall–Kier alpha value is -0.550. The van der Waals surface area contributed by atoms with Crippen molar-refractivity contribution in [2.75, 3.05) is 18.8 Å². The zero-order valence-electron chi connectivity index (χ0n) is 7.66. The van der Waals surface area contributed by atoms with Gasteiger partial charge in [-0.2, -0.15) is 0 Å². The highest BCUT2D eigenvalue weighted by atomic mass is 32.2. The van der Waals surface area contributed by atoms with Gasteiger partial charge >= 0.3 is 0 Å². The molecule has 1 heterocycles. The van der Waals surface area contributed by atoms with Crippen molar-refractivity contribution in [1.82, 2.24) is 4.90 Å². The fraction of sp³-hybridized carbons (Fsp3) is 0.750. The van der Waals surface area contributed by atoms with E-state index in [1.54, 1.807) is 0 Å². The second kappa shape index (κ2) is 4.62. The minimum atomic E-state index is -0.128. The molecule has 0 aromatic heterocycles. The first-order valence-electron chi connectivity index (χ1n) is 4.32. The third-order valence-electron chi connectivity index (χ3n) is 1.96. The van der Waals surface area contributed by atoms with E-state index in [-0.39, 0.29) is 17.1 Å². The Bertz CT molecular complexity index is 204. The van der Waals surface area contributed by atoms with E-state index in [0.717, 1.165) is 0 Å². The first kappa shape index (κ1) is 10.5. The number of rotatable bonds is 3. The minimum Gasteiger partial charge on any atom is -0.330 e. The number of hydrogen-bond donors (Lipinski definition) is 1. The molecule has 1 aliphatic heterocycles. The molecule has 0 aliphatic carbocycles. The Morgan fingerprint density at radius 3 is 2.85 bits per heavy atom. The van der Waals surface area contributed by atoms with Gasteiger partial charge in [-0.15, -0.1) is 0 Å². The summed E-state index contributed by atoms with van der Waals surface area (Å²) in [5, 5.41) is -0.128. The van der Waals surface area contributed by atoms with E-state index in [1.165, 1.54) is 16.7 Å². The van der Waals surface area contributed by atoms with Crippen LogP contribution in [-0.4, -0.2) is 34.9 Å². The Kier molecular flexibility index (Phi) is 3.74. The quantitative estimate of drug-likeness (QED) is 0.730. The summed E-state index contributed by atoms with van der Waals surface area (Å²) in [4.78, 5) is 23.9. The van der Waals surface area contributed by atoms with Crippen molar-refractivity contribution in [3.8, 4) is 0 Å². The average Bonchev–Trinajstić information content (AvgIpc) is 2.11. The maximum absolute atomic E-state index is 11.3. The second-order valence-corrected chi connectivity index (χ2v) is 4.26. The van der Waals surface area contributed by atoms with Crippen molar-refractivity contribution in [3.05, 3.63) is 0 Å². The molecule has 13 heavy (non-hydrogen) atoms. The number of thioether (sulfide) groups is 1. The molecule has 1 fully saturated rings. The molecular weight excluding hydrogens is 188 g/mol. The van der Waals surface area contributed by atoms with E-state index >= 15 is 0 Å². The molecule has 2 N–H and O–H groups in total. The van der Waals surface area contributed by atoms with Crippen LogP contribution in [0.5, 0.6) is 0 Å². The van der Waals surface area contributed by atoms with Crippen molar-refractivity contribution in [3.63, 3.8) is 0 Å². The zero-order chi connectivity index (χ0) is 9.84. The van der Waals surface area contributed by atoms with Gasteiger partial charge in [-0.1, -0.05) is 18.7 Å². The summed E-state index contributed by atoms with van der Waals surface area (Å²) in [7, 11) is 0. The van der Waals surface area contributed by atoms with Crippen LogP contribution < -0.4 is 5.73 Å². The van der Waals surface area contributed by atoms with Gasteiger partial charge in [0.25, 0.3) is 5.24 Å². The number of carbonyl (C=O) groups excluding carboxylic acids is 2. The summed E-state index contributed by atoms with van der Waals surface area (Å²) in [5.74, 6) is 0.737. The largest absolute Gasteiger partial charge is 0.330 e. The third kappa shape index (κ3) is 2.70. The van der Waals surface area contributed by atoms with Crippen LogP contribution in [0.4, 0.5) is 4.79 Å². The molecule has 0 aromatic rings. The predicted molar refractivity (Wildman–Crippen MR) is 52.4 cm³/mol. The standard InChI is InChI=1S/C8H14N2O2S/c1-6(4-9)5-10-7(11)2-3-13-8(10)12/h6H,2-5,9H2,1H3. The van der Waals surface area contributed by atoms with Gasteiger partial charge in [0.2, 0.25) is 5.91 Å². The molecular formula is C8H14N2O2S. The summed E-state index contributed by atoms with van der Waals surface area (Å²) < 4.78 is 0. The SMILES string of the molecule is CC(CN)CN1C(=O)CCSC1=O. The highest BCUT2D eigenvalue weighted by Gasteiger charge is 2.27. The number of nitrogens with two attached hydrogens (primary N) is 1. The summed E-state index contributed by atoms with van der Waals surface area (Å²) in [5.41, 5.74) is 5.42. The van der Waals surface area contributed by atoms with Crippen molar-refractivity contribution in [2.24, 2.45) is 11.7 Å². The summed E-state index contributed by atoms with van der Waals surface area (Å²) >= 11 is 1.21. The van der Waals surface area contributed by atoms with Gasteiger partial charge in [-0.05, 0) is 12.5 Å². The van der Waals surface area contributed by atoms with Gasteiger partial charge in [0.15, 0.2) is 0 Å². The van der Waals surface area contributed by atoms with Gasteiger partial charge in [-0.3, -0.25) is 14.5 Å². The highest BCUT2D eigenvalue weighted by molar-refractivity contribution is 8.13. The molecule has 0 aromatic carbocycles. The lowest BCUT2D eigenvalue weighted by atomic mass is 10.1. The van der Waals surface area contributed by atoms with E-state index < -0.39 is 0 Å². The van der Waals surface area contributed by atoms with Gasteiger partial charge in [0.1, 0.15) is 0 Å². The molecule has 1 aliphatic rings. The first-order chi connectivity index (χ1) is 6.15. The zero-order valence-corrected chi connectivity index (χ0v) is 8.47. The topological polar surface area (TPSA) is 63.4 Å². The molecule has 5 heteroatoms. The Labute approximate surface area is 81.8 Å². The monoisotopic (exact) mass is 202 g/mol. The van der Waals surface area contributed by atoms with Crippen LogP contribution in [0.1, 0.15) is 13.3 Å². The molecule has 0 spiro atoms. The predicted octanol–water partition coefficient (Wildman–Crippen LogP) is 0.667. The van der Waals surface area contributed by atoms with E-state index in [1.807, 2.05) is 6.92 Å². The average molecular weight is 202 g/mol. The third-order valence-corrected chi connectivity index (χ3v) is 2.84. The van der Waals surface area contributed by atoms with Crippen LogP contribution in [0.2, 0.25) is 0 Å². The van der Waals surface area contributed by atoms with Crippen molar-refractivity contribution in [1.29, 1.82) is 0 Å². The summed E-state index contributed by atoms with van der Waals surface area (Å²) in [6.45, 7) is 2.89. The molecule has 0 bridgehead atoms. The van der Waals surface area contributed by atoms with Crippen molar-refractivity contribution >= 4 is 22.9 Å². The number of amides is 2. The fourth-order valence-corrected chi connectivity index (χ4v) is 1.89. The van der Waals surface area contributed by atoms with E-state index in [4.69, 9.17) is 5.73 Å². The molecule has 1 saturated heterocycles. The van der Waals surface area contributed by atoms with Crippen LogP contribution in [0.15, 0.2) is 0 Å². The number of nitrogens with zero attached hydrogens (tertiary/aromatic N) is 1. The second-order valence-electron chi connectivity index (χ2n) is 3.21. The van der Waals surface area contributed by atoms with Crippen molar-refractivity contribution < 1.29 is 9.59 Å². The van der Waals surface area contributed by atoms with E-state index in [2.05, 4.69) is 0 Å². The smallest absolute Gasteiger partial charge is 0.288 e. The van der Waals surface area contributed by atoms with Gasteiger partial charge < -0.3 is 5.73 Å². The molecule has 74 valence electrons. The van der Waals surface area contributed by atoms with E-state index in [0.29, 0.717) is 25.3 Å². The molecule has 1 unspecified atom stereocenters. The van der Waals surface area contributed by atoms with Crippen LogP contribution in [0.25, 0.3) is 0 Å². The maximum Gasteiger partial charge on any atom is 0.288 e. The molecule has 4 nitrogen and oxygen atoms in total. The summed E-state index contributed by atoms with van der Waals surface area (Å²) in [6, 6.07) is 0. The molecule has 2 amide bonds. The maximum atomic E-state index is 11.3. The van der Waals surface area contributed by atoms with Gasteiger partial charge in [0, 0.05) is 18.7 Å². The summed E-state index contributed by atoms with van der Waals surface area (Å²) in [6.07, 6.45) is 0.466. The fourth-order valence-electron chi connectivity index (χ4n) is 1.10. The Morgan fingerprint density at radius 1 is 1.62 bits per heavy atom.